The van der Waals surface area contributed by atoms with Gasteiger partial charge >= 0.3 is 0 Å². The van der Waals surface area contributed by atoms with Gasteiger partial charge in [0.2, 0.25) is 0 Å². The van der Waals surface area contributed by atoms with Crippen molar-refractivity contribution in [3.05, 3.63) is 30.3 Å². The third-order valence-corrected chi connectivity index (χ3v) is 6.11. The Kier molecular flexibility index (Phi) is 3.95. The first kappa shape index (κ1) is 14.3. The second-order valence-corrected chi connectivity index (χ2v) is 7.43. The van der Waals surface area contributed by atoms with E-state index in [2.05, 4.69) is 45.4 Å². The van der Waals surface area contributed by atoms with Crippen molar-refractivity contribution in [1.29, 1.82) is 0 Å². The molecule has 1 N–H and O–H groups in total. The summed E-state index contributed by atoms with van der Waals surface area (Å²) in [5.41, 5.74) is 1.33. The van der Waals surface area contributed by atoms with Crippen LogP contribution >= 0.6 is 12.2 Å². The molecule has 4 heteroatoms. The zero-order valence-corrected chi connectivity index (χ0v) is 13.9. The summed E-state index contributed by atoms with van der Waals surface area (Å²) in [6.07, 6.45) is 5.63. The van der Waals surface area contributed by atoms with Crippen LogP contribution in [0.15, 0.2) is 30.3 Å². The van der Waals surface area contributed by atoms with Gasteiger partial charge in [0.25, 0.3) is 0 Å². The monoisotopic (exact) mass is 315 g/mol. The summed E-state index contributed by atoms with van der Waals surface area (Å²) in [6.45, 7) is 4.17. The number of hydrogen-bond donors (Lipinski definition) is 1. The summed E-state index contributed by atoms with van der Waals surface area (Å²) >= 11 is 5.68. The first-order valence-electron chi connectivity index (χ1n) is 8.65. The lowest BCUT2D eigenvalue weighted by molar-refractivity contribution is 0.345. The maximum absolute atomic E-state index is 5.68. The maximum atomic E-state index is 5.68. The highest BCUT2D eigenvalue weighted by atomic mass is 32.1. The molecule has 4 rings (SSSR count). The minimum atomic E-state index is 0.651. The molecule has 1 aromatic rings. The van der Waals surface area contributed by atoms with Crippen LogP contribution in [0.3, 0.4) is 0 Å². The Morgan fingerprint density at radius 3 is 2.41 bits per heavy atom. The number of para-hydroxylation sites is 1. The Balaban J connectivity index is 1.29. The topological polar surface area (TPSA) is 18.5 Å². The predicted octanol–water partition coefficient (Wildman–Crippen LogP) is 2.87. The van der Waals surface area contributed by atoms with Gasteiger partial charge in [-0.05, 0) is 55.4 Å². The van der Waals surface area contributed by atoms with E-state index in [0.717, 1.165) is 43.1 Å². The lowest BCUT2D eigenvalue weighted by Gasteiger charge is -2.38. The number of nitrogens with one attached hydrogen (secondary N) is 1. The maximum Gasteiger partial charge on any atom is 0.169 e. The molecule has 0 unspecified atom stereocenters. The molecular weight excluding hydrogens is 290 g/mol. The number of piperazine rings is 1. The van der Waals surface area contributed by atoms with E-state index in [-0.39, 0.29) is 0 Å². The van der Waals surface area contributed by atoms with Crippen LogP contribution in [-0.2, 0) is 0 Å². The van der Waals surface area contributed by atoms with Crippen molar-refractivity contribution in [2.24, 2.45) is 11.8 Å². The van der Waals surface area contributed by atoms with Crippen molar-refractivity contribution in [1.82, 2.24) is 10.2 Å². The van der Waals surface area contributed by atoms with Gasteiger partial charge in [-0.2, -0.15) is 0 Å². The Morgan fingerprint density at radius 2 is 1.77 bits per heavy atom. The summed E-state index contributed by atoms with van der Waals surface area (Å²) in [5.74, 6) is 1.86. The van der Waals surface area contributed by atoms with Gasteiger partial charge in [-0.25, -0.2) is 0 Å². The quantitative estimate of drug-likeness (QED) is 0.846. The first-order chi connectivity index (χ1) is 10.8. The molecule has 1 saturated heterocycles. The second-order valence-electron chi connectivity index (χ2n) is 7.04. The van der Waals surface area contributed by atoms with E-state index in [1.54, 1.807) is 0 Å². The molecule has 3 nitrogen and oxygen atoms in total. The third kappa shape index (κ3) is 2.81. The normalized spacial score (nSPS) is 30.6. The number of rotatable bonds is 2. The van der Waals surface area contributed by atoms with Crippen LogP contribution in [0.2, 0.25) is 0 Å². The molecule has 2 saturated carbocycles. The number of nitrogens with zero attached hydrogens (tertiary/aromatic N) is 2. The third-order valence-electron chi connectivity index (χ3n) is 5.74. The van der Waals surface area contributed by atoms with Crippen molar-refractivity contribution >= 4 is 23.0 Å². The van der Waals surface area contributed by atoms with E-state index in [0.29, 0.717) is 6.04 Å². The van der Waals surface area contributed by atoms with Crippen LogP contribution < -0.4 is 10.2 Å². The Morgan fingerprint density at radius 1 is 1.00 bits per heavy atom. The van der Waals surface area contributed by atoms with E-state index in [9.17, 15) is 0 Å². The van der Waals surface area contributed by atoms with Crippen LogP contribution in [-0.4, -0.2) is 42.2 Å². The van der Waals surface area contributed by atoms with Gasteiger partial charge in [0.1, 0.15) is 0 Å². The smallest absolute Gasteiger partial charge is 0.169 e. The number of benzene rings is 1. The molecule has 1 aromatic carbocycles. The van der Waals surface area contributed by atoms with E-state index >= 15 is 0 Å². The fourth-order valence-electron chi connectivity index (χ4n) is 4.48. The van der Waals surface area contributed by atoms with Crippen molar-refractivity contribution < 1.29 is 0 Å². The highest BCUT2D eigenvalue weighted by Gasteiger charge is 2.40. The molecule has 2 aliphatic carbocycles. The number of hydrogen-bond acceptors (Lipinski definition) is 2. The van der Waals surface area contributed by atoms with Gasteiger partial charge in [-0.1, -0.05) is 24.6 Å². The second kappa shape index (κ2) is 6.07. The number of anilines is 1. The zero-order valence-electron chi connectivity index (χ0n) is 13.1. The molecule has 118 valence electrons. The van der Waals surface area contributed by atoms with Gasteiger partial charge in [0.15, 0.2) is 5.11 Å². The van der Waals surface area contributed by atoms with E-state index in [4.69, 9.17) is 12.2 Å². The Labute approximate surface area is 138 Å². The van der Waals surface area contributed by atoms with Crippen LogP contribution in [0.25, 0.3) is 0 Å². The van der Waals surface area contributed by atoms with Crippen LogP contribution in [0, 0.1) is 11.8 Å². The molecule has 3 fully saturated rings. The van der Waals surface area contributed by atoms with Crippen LogP contribution in [0.5, 0.6) is 0 Å². The van der Waals surface area contributed by atoms with E-state index in [1.165, 1.54) is 31.4 Å². The van der Waals surface area contributed by atoms with Crippen molar-refractivity contribution in [3.8, 4) is 0 Å². The van der Waals surface area contributed by atoms with Gasteiger partial charge < -0.3 is 15.1 Å². The minimum absolute atomic E-state index is 0.651. The largest absolute Gasteiger partial charge is 0.368 e. The van der Waals surface area contributed by atoms with Crippen molar-refractivity contribution in [2.45, 2.75) is 31.7 Å². The molecule has 1 heterocycles. The van der Waals surface area contributed by atoms with Gasteiger partial charge in [0.05, 0.1) is 0 Å². The summed E-state index contributed by atoms with van der Waals surface area (Å²) in [4.78, 5) is 4.82. The molecular formula is C18H25N3S. The number of fused-ring (bicyclic) bond motifs is 2. The molecule has 0 spiro atoms. The molecule has 2 bridgehead atoms. The zero-order chi connectivity index (χ0) is 14.9. The lowest BCUT2D eigenvalue weighted by Crippen LogP contribution is -2.54. The fourth-order valence-corrected chi connectivity index (χ4v) is 4.81. The molecule has 0 aromatic heterocycles. The predicted molar refractivity (Wildman–Crippen MR) is 95.2 cm³/mol. The first-order valence-corrected chi connectivity index (χ1v) is 9.06. The van der Waals surface area contributed by atoms with Gasteiger partial charge in [-0.15, -0.1) is 0 Å². The van der Waals surface area contributed by atoms with Crippen molar-refractivity contribution in [3.63, 3.8) is 0 Å². The minimum Gasteiger partial charge on any atom is -0.368 e. The molecule has 1 aliphatic heterocycles. The van der Waals surface area contributed by atoms with Gasteiger partial charge in [-0.3, -0.25) is 0 Å². The molecule has 0 radical (unpaired) electrons. The van der Waals surface area contributed by atoms with Gasteiger partial charge in [0, 0.05) is 37.9 Å². The average Bonchev–Trinajstić information content (AvgIpc) is 3.19. The van der Waals surface area contributed by atoms with Crippen molar-refractivity contribution in [2.75, 3.05) is 31.1 Å². The highest BCUT2D eigenvalue weighted by Crippen LogP contribution is 2.44. The van der Waals surface area contributed by atoms with Crippen LogP contribution in [0.4, 0.5) is 5.69 Å². The summed E-state index contributed by atoms with van der Waals surface area (Å²) in [7, 11) is 0. The SMILES string of the molecule is S=C(N[C@@H]1C[C@@H]2CC[C@@H]1C2)N1CCN(c2ccccc2)CC1. The molecule has 22 heavy (non-hydrogen) atoms. The average molecular weight is 315 g/mol. The standard InChI is InChI=1S/C18H25N3S/c22-18(19-17-13-14-6-7-15(17)12-14)21-10-8-20(9-11-21)16-4-2-1-3-5-16/h1-5,14-15,17H,6-13H2,(H,19,22)/t14-,15-,17-/m1/s1. The van der Waals surface area contributed by atoms with Crippen LogP contribution in [0.1, 0.15) is 25.7 Å². The highest BCUT2D eigenvalue weighted by molar-refractivity contribution is 7.80. The lowest BCUT2D eigenvalue weighted by atomic mass is 9.95. The Bertz CT molecular complexity index is 524. The summed E-state index contributed by atoms with van der Waals surface area (Å²) < 4.78 is 0. The summed E-state index contributed by atoms with van der Waals surface area (Å²) in [5, 5.41) is 4.66. The Hall–Kier alpha value is -1.29. The van der Waals surface area contributed by atoms with E-state index < -0.39 is 0 Å². The number of thiocarbonyl (C=S) groups is 1. The summed E-state index contributed by atoms with van der Waals surface area (Å²) in [6, 6.07) is 11.3. The van der Waals surface area contributed by atoms with E-state index in [1.807, 2.05) is 0 Å². The molecule has 3 atom stereocenters. The molecule has 0 amide bonds. The fraction of sp³-hybridized carbons (Fsp3) is 0.611. The molecule has 3 aliphatic rings.